The molecule has 3 N–H and O–H groups in total. The fourth-order valence-electron chi connectivity index (χ4n) is 4.21. The van der Waals surface area contributed by atoms with E-state index >= 15 is 0 Å². The molecular weight excluding hydrogens is 368 g/mol. The molecule has 0 saturated heterocycles. The van der Waals surface area contributed by atoms with Crippen LogP contribution in [-0.4, -0.2) is 39.8 Å². The van der Waals surface area contributed by atoms with Crippen LogP contribution in [0.25, 0.3) is 22.0 Å². The Balaban J connectivity index is 1.78. The number of nitrogens with zero attached hydrogens (tertiary/aromatic N) is 3. The molecule has 1 aromatic carbocycles. The molecular formula is C21H22N6O2. The summed E-state index contributed by atoms with van der Waals surface area (Å²) in [4.78, 5) is 8.28. The summed E-state index contributed by atoms with van der Waals surface area (Å²) in [6.07, 6.45) is 0. The summed E-state index contributed by atoms with van der Waals surface area (Å²) in [5, 5.41) is 15.9. The van der Waals surface area contributed by atoms with Gasteiger partial charge in [-0.2, -0.15) is 5.10 Å². The first kappa shape index (κ1) is 17.5. The highest BCUT2D eigenvalue weighted by Gasteiger charge is 2.26. The predicted molar refractivity (Wildman–Crippen MR) is 112 cm³/mol. The average Bonchev–Trinajstić information content (AvgIpc) is 3.35. The van der Waals surface area contributed by atoms with Gasteiger partial charge in [0.2, 0.25) is 0 Å². The number of aryl methyl sites for hydroxylation is 4. The minimum Gasteiger partial charge on any atom is -0.496 e. The van der Waals surface area contributed by atoms with E-state index in [1.54, 1.807) is 7.11 Å². The van der Waals surface area contributed by atoms with E-state index in [9.17, 15) is 0 Å². The van der Waals surface area contributed by atoms with E-state index in [-0.39, 0.29) is 0 Å². The Bertz CT molecular complexity index is 1250. The number of benzene rings is 1. The van der Waals surface area contributed by atoms with Crippen LogP contribution in [0.2, 0.25) is 0 Å². The lowest BCUT2D eigenvalue weighted by molar-refractivity contribution is 0.393. The van der Waals surface area contributed by atoms with Crippen molar-refractivity contribution in [1.82, 2.24) is 20.3 Å². The van der Waals surface area contributed by atoms with Crippen molar-refractivity contribution < 1.29 is 9.26 Å². The molecule has 0 amide bonds. The Morgan fingerprint density at radius 2 is 1.86 bits per heavy atom. The van der Waals surface area contributed by atoms with Gasteiger partial charge in [0.05, 0.1) is 35.3 Å². The first-order chi connectivity index (χ1) is 14.0. The Morgan fingerprint density at radius 1 is 1.03 bits per heavy atom. The van der Waals surface area contributed by atoms with Crippen molar-refractivity contribution in [2.75, 3.05) is 19.1 Å². The molecule has 0 aliphatic carbocycles. The Labute approximate surface area is 167 Å². The fraction of sp³-hybridized carbons (Fsp3) is 0.286. The highest BCUT2D eigenvalue weighted by Crippen LogP contribution is 2.41. The third-order valence-corrected chi connectivity index (χ3v) is 5.52. The van der Waals surface area contributed by atoms with Crippen LogP contribution in [-0.2, 0) is 0 Å². The number of aromatic amines is 2. The summed E-state index contributed by atoms with van der Waals surface area (Å²) >= 11 is 0. The van der Waals surface area contributed by atoms with Crippen LogP contribution in [0, 0.1) is 27.7 Å². The molecule has 8 heteroatoms. The molecule has 0 atom stereocenters. The van der Waals surface area contributed by atoms with Gasteiger partial charge in [-0.3, -0.25) is 10.1 Å². The maximum atomic E-state index is 5.76. The minimum atomic E-state index is 0.507. The largest absolute Gasteiger partial charge is 0.496 e. The van der Waals surface area contributed by atoms with E-state index < -0.39 is 0 Å². The molecule has 1 aliphatic rings. The molecule has 5 rings (SSSR count). The number of hydrogen-bond donors (Lipinski definition) is 3. The van der Waals surface area contributed by atoms with Crippen LogP contribution < -0.4 is 10.1 Å². The molecule has 4 aromatic rings. The number of nitrogens with one attached hydrogen (secondary N) is 3. The van der Waals surface area contributed by atoms with Crippen LogP contribution in [0.1, 0.15) is 34.0 Å². The first-order valence-corrected chi connectivity index (χ1v) is 9.47. The van der Waals surface area contributed by atoms with E-state index in [4.69, 9.17) is 14.3 Å². The maximum Gasteiger partial charge on any atom is 0.141 e. The van der Waals surface area contributed by atoms with E-state index in [0.717, 1.165) is 73.3 Å². The molecule has 0 spiro atoms. The first-order valence-electron chi connectivity index (χ1n) is 9.47. The number of aliphatic imine (C=N–C) groups is 1. The summed E-state index contributed by atoms with van der Waals surface area (Å²) in [7, 11) is 1.68. The summed E-state index contributed by atoms with van der Waals surface area (Å²) in [6, 6.07) is 4.15. The highest BCUT2D eigenvalue weighted by atomic mass is 16.5. The van der Waals surface area contributed by atoms with Crippen molar-refractivity contribution in [2.24, 2.45) is 4.99 Å². The molecule has 148 valence electrons. The number of hydrogen-bond acceptors (Lipinski definition) is 6. The third kappa shape index (κ3) is 2.48. The maximum absolute atomic E-state index is 5.76. The predicted octanol–water partition coefficient (Wildman–Crippen LogP) is 4.01. The van der Waals surface area contributed by atoms with Crippen molar-refractivity contribution in [3.63, 3.8) is 0 Å². The molecule has 4 heterocycles. The summed E-state index contributed by atoms with van der Waals surface area (Å²) in [5.41, 5.74) is 8.67. The van der Waals surface area contributed by atoms with Crippen LogP contribution in [0.15, 0.2) is 21.6 Å². The van der Waals surface area contributed by atoms with Gasteiger partial charge in [-0.25, -0.2) is 0 Å². The van der Waals surface area contributed by atoms with Crippen LogP contribution >= 0.6 is 0 Å². The highest BCUT2D eigenvalue weighted by molar-refractivity contribution is 6.24. The molecule has 0 saturated carbocycles. The van der Waals surface area contributed by atoms with Crippen molar-refractivity contribution in [2.45, 2.75) is 27.7 Å². The van der Waals surface area contributed by atoms with Crippen molar-refractivity contribution in [3.8, 4) is 16.9 Å². The number of anilines is 1. The standard InChI is InChI=1S/C21H22N6O2/c1-9-17(10(2)26-25-9)20-19-13-7-16(28-5)14(18-11(3)27-29-12(18)4)6-15(13)24-21(19)23-8-22-20/h6-7,23-24H,8H2,1-5H3,(H,25,26). The molecule has 0 fully saturated rings. The van der Waals surface area contributed by atoms with Gasteiger partial charge in [0.1, 0.15) is 24.0 Å². The van der Waals surface area contributed by atoms with E-state index in [1.807, 2.05) is 27.7 Å². The molecule has 29 heavy (non-hydrogen) atoms. The van der Waals surface area contributed by atoms with Crippen LogP contribution in [0.5, 0.6) is 5.75 Å². The Hall–Kier alpha value is -3.55. The smallest absolute Gasteiger partial charge is 0.141 e. The Morgan fingerprint density at radius 3 is 2.52 bits per heavy atom. The summed E-state index contributed by atoms with van der Waals surface area (Å²) in [6.45, 7) is 8.37. The summed E-state index contributed by atoms with van der Waals surface area (Å²) in [5.74, 6) is 2.48. The SMILES string of the molecule is COc1cc2c3c([nH]c2cc1-c1c(C)noc1C)NCN=C3c1c(C)n[nH]c1C. The number of aromatic nitrogens is 4. The topological polar surface area (TPSA) is 104 Å². The summed E-state index contributed by atoms with van der Waals surface area (Å²) < 4.78 is 11.1. The van der Waals surface area contributed by atoms with Gasteiger partial charge in [0.25, 0.3) is 0 Å². The van der Waals surface area contributed by atoms with Gasteiger partial charge in [-0.05, 0) is 39.8 Å². The van der Waals surface area contributed by atoms with Crippen LogP contribution in [0.3, 0.4) is 0 Å². The van der Waals surface area contributed by atoms with Crippen molar-refractivity contribution in [3.05, 3.63) is 46.1 Å². The van der Waals surface area contributed by atoms with Gasteiger partial charge in [-0.15, -0.1) is 0 Å². The number of rotatable bonds is 3. The van der Waals surface area contributed by atoms with Crippen molar-refractivity contribution in [1.29, 1.82) is 0 Å². The van der Waals surface area contributed by atoms with E-state index in [0.29, 0.717) is 6.67 Å². The van der Waals surface area contributed by atoms with Gasteiger partial charge in [-0.1, -0.05) is 5.16 Å². The van der Waals surface area contributed by atoms with Gasteiger partial charge >= 0.3 is 0 Å². The average molecular weight is 390 g/mol. The molecule has 8 nitrogen and oxygen atoms in total. The van der Waals surface area contributed by atoms with Crippen LogP contribution in [0.4, 0.5) is 5.82 Å². The fourth-order valence-corrected chi connectivity index (χ4v) is 4.21. The second-order valence-electron chi connectivity index (χ2n) is 7.32. The molecule has 3 aromatic heterocycles. The molecule has 0 unspecified atom stereocenters. The van der Waals surface area contributed by atoms with Crippen molar-refractivity contribution >= 4 is 22.4 Å². The number of fused-ring (bicyclic) bond motifs is 3. The monoisotopic (exact) mass is 390 g/mol. The number of H-pyrrole nitrogens is 2. The van der Waals surface area contributed by atoms with Gasteiger partial charge in [0, 0.05) is 27.7 Å². The second-order valence-corrected chi connectivity index (χ2v) is 7.32. The van der Waals surface area contributed by atoms with E-state index in [2.05, 4.69) is 37.8 Å². The zero-order valence-corrected chi connectivity index (χ0v) is 17.0. The van der Waals surface area contributed by atoms with E-state index in [1.165, 1.54) is 0 Å². The second kappa shape index (κ2) is 6.23. The number of ether oxygens (including phenoxy) is 1. The third-order valence-electron chi connectivity index (χ3n) is 5.52. The number of methoxy groups -OCH3 is 1. The molecule has 1 aliphatic heterocycles. The van der Waals surface area contributed by atoms with Gasteiger partial charge < -0.3 is 19.6 Å². The zero-order chi connectivity index (χ0) is 20.3. The zero-order valence-electron chi connectivity index (χ0n) is 17.0. The lowest BCUT2D eigenvalue weighted by Crippen LogP contribution is -2.17. The lowest BCUT2D eigenvalue weighted by atomic mass is 9.96. The Kier molecular flexibility index (Phi) is 3.77. The minimum absolute atomic E-state index is 0.507. The normalized spacial score (nSPS) is 13.3. The molecule has 0 radical (unpaired) electrons. The molecule has 0 bridgehead atoms. The lowest BCUT2D eigenvalue weighted by Gasteiger charge is -2.16. The quantitative estimate of drug-likeness (QED) is 0.490. The van der Waals surface area contributed by atoms with Gasteiger partial charge in [0.15, 0.2) is 0 Å².